The topological polar surface area (TPSA) is 20.3 Å². The van der Waals surface area contributed by atoms with Gasteiger partial charge >= 0.3 is 0 Å². The number of carbonyl (C=O) groups excluding carboxylic acids is 1. The SMILES string of the molecule is O=C(c1c(F)cccc1F)N1CCSC(c2ccccc2Cl)CC1. The summed E-state index contributed by atoms with van der Waals surface area (Å²) in [5, 5.41) is 0.872. The number of hydrogen-bond acceptors (Lipinski definition) is 2. The average molecular weight is 368 g/mol. The Balaban J connectivity index is 1.76. The maximum absolute atomic E-state index is 13.8. The smallest absolute Gasteiger partial charge is 0.259 e. The summed E-state index contributed by atoms with van der Waals surface area (Å²) in [6.07, 6.45) is 0.691. The minimum atomic E-state index is -0.820. The molecular weight excluding hydrogens is 352 g/mol. The van der Waals surface area contributed by atoms with Crippen LogP contribution in [0.4, 0.5) is 8.78 Å². The average Bonchev–Trinajstić information content (AvgIpc) is 2.81. The molecule has 6 heteroatoms. The minimum Gasteiger partial charge on any atom is -0.338 e. The number of amides is 1. The Morgan fingerprint density at radius 2 is 1.79 bits per heavy atom. The molecule has 1 atom stereocenters. The molecule has 126 valence electrons. The van der Waals surface area contributed by atoms with Gasteiger partial charge in [-0.2, -0.15) is 11.8 Å². The second-order valence-electron chi connectivity index (χ2n) is 5.56. The molecule has 2 aromatic rings. The number of carbonyl (C=O) groups is 1. The fraction of sp³-hybridized carbons (Fsp3) is 0.278. The first-order valence-electron chi connectivity index (χ1n) is 7.67. The molecule has 1 fully saturated rings. The number of halogens is 3. The molecule has 0 radical (unpaired) electrons. The van der Waals surface area contributed by atoms with Gasteiger partial charge in [-0.3, -0.25) is 4.79 Å². The van der Waals surface area contributed by atoms with Gasteiger partial charge in [0.05, 0.1) is 0 Å². The monoisotopic (exact) mass is 367 g/mol. The standard InChI is InChI=1S/C18H16ClF2NOS/c19-13-5-2-1-4-12(13)16-8-9-22(10-11-24-16)18(23)17-14(20)6-3-7-15(17)21/h1-7,16H,8-11H2. The van der Waals surface area contributed by atoms with Crippen LogP contribution >= 0.6 is 23.4 Å². The summed E-state index contributed by atoms with van der Waals surface area (Å²) >= 11 is 7.96. The zero-order valence-electron chi connectivity index (χ0n) is 12.8. The molecule has 1 unspecified atom stereocenters. The lowest BCUT2D eigenvalue weighted by Crippen LogP contribution is -2.34. The van der Waals surface area contributed by atoms with Crippen LogP contribution in [0.3, 0.4) is 0 Å². The van der Waals surface area contributed by atoms with E-state index in [0.717, 1.165) is 17.7 Å². The molecule has 1 saturated heterocycles. The van der Waals surface area contributed by atoms with Gasteiger partial charge < -0.3 is 4.90 Å². The second-order valence-corrected chi connectivity index (χ2v) is 7.28. The summed E-state index contributed by atoms with van der Waals surface area (Å²) in [6.45, 7) is 0.897. The number of benzene rings is 2. The third kappa shape index (κ3) is 3.57. The van der Waals surface area contributed by atoms with Crippen molar-refractivity contribution in [3.8, 4) is 0 Å². The van der Waals surface area contributed by atoms with E-state index in [0.29, 0.717) is 30.3 Å². The molecule has 0 spiro atoms. The highest BCUT2D eigenvalue weighted by Crippen LogP contribution is 2.38. The Hall–Kier alpha value is -1.59. The second kappa shape index (κ2) is 7.53. The van der Waals surface area contributed by atoms with Crippen molar-refractivity contribution in [1.29, 1.82) is 0 Å². The number of hydrogen-bond donors (Lipinski definition) is 0. The van der Waals surface area contributed by atoms with E-state index >= 15 is 0 Å². The van der Waals surface area contributed by atoms with E-state index < -0.39 is 23.1 Å². The maximum atomic E-state index is 13.8. The summed E-state index contributed by atoms with van der Waals surface area (Å²) < 4.78 is 27.7. The van der Waals surface area contributed by atoms with Gasteiger partial charge in [-0.05, 0) is 30.2 Å². The van der Waals surface area contributed by atoms with E-state index in [4.69, 9.17) is 11.6 Å². The van der Waals surface area contributed by atoms with Crippen molar-refractivity contribution in [2.45, 2.75) is 11.7 Å². The largest absolute Gasteiger partial charge is 0.338 e. The predicted molar refractivity (Wildman–Crippen MR) is 93.5 cm³/mol. The number of thioether (sulfide) groups is 1. The Labute approximate surface area is 148 Å². The van der Waals surface area contributed by atoms with Crippen LogP contribution in [0.25, 0.3) is 0 Å². The summed E-state index contributed by atoms with van der Waals surface area (Å²) in [5.41, 5.74) is 0.564. The van der Waals surface area contributed by atoms with Crippen LogP contribution in [0.5, 0.6) is 0 Å². The first-order valence-corrected chi connectivity index (χ1v) is 9.10. The van der Waals surface area contributed by atoms with E-state index in [-0.39, 0.29) is 5.25 Å². The van der Waals surface area contributed by atoms with Gasteiger partial charge in [0, 0.05) is 29.1 Å². The zero-order chi connectivity index (χ0) is 17.1. The zero-order valence-corrected chi connectivity index (χ0v) is 14.4. The van der Waals surface area contributed by atoms with Crippen LogP contribution in [0.2, 0.25) is 5.02 Å². The molecule has 2 aromatic carbocycles. The molecule has 1 heterocycles. The van der Waals surface area contributed by atoms with Crippen molar-refractivity contribution >= 4 is 29.3 Å². The normalized spacial score (nSPS) is 18.3. The lowest BCUT2D eigenvalue weighted by molar-refractivity contribution is 0.0757. The van der Waals surface area contributed by atoms with Gasteiger partial charge in [0.25, 0.3) is 5.91 Å². The molecule has 24 heavy (non-hydrogen) atoms. The highest BCUT2D eigenvalue weighted by atomic mass is 35.5. The fourth-order valence-corrected chi connectivity index (χ4v) is 4.42. The highest BCUT2D eigenvalue weighted by Gasteiger charge is 2.27. The molecule has 0 aromatic heterocycles. The van der Waals surface area contributed by atoms with Crippen molar-refractivity contribution < 1.29 is 13.6 Å². The van der Waals surface area contributed by atoms with Crippen LogP contribution < -0.4 is 0 Å². The van der Waals surface area contributed by atoms with Crippen molar-refractivity contribution in [3.63, 3.8) is 0 Å². The quantitative estimate of drug-likeness (QED) is 0.749. The van der Waals surface area contributed by atoms with E-state index in [9.17, 15) is 13.6 Å². The van der Waals surface area contributed by atoms with Gasteiger partial charge in [-0.15, -0.1) is 0 Å². The molecule has 0 saturated carbocycles. The molecule has 3 rings (SSSR count). The van der Waals surface area contributed by atoms with Crippen molar-refractivity contribution in [1.82, 2.24) is 4.90 Å². The van der Waals surface area contributed by atoms with Crippen molar-refractivity contribution in [3.05, 3.63) is 70.2 Å². The van der Waals surface area contributed by atoms with Gasteiger partial charge in [-0.1, -0.05) is 35.9 Å². The Bertz CT molecular complexity index is 735. The van der Waals surface area contributed by atoms with Crippen LogP contribution in [-0.4, -0.2) is 29.6 Å². The Kier molecular flexibility index (Phi) is 5.41. The van der Waals surface area contributed by atoms with Gasteiger partial charge in [0.2, 0.25) is 0 Å². The fourth-order valence-electron chi connectivity index (χ4n) is 2.82. The number of nitrogens with zero attached hydrogens (tertiary/aromatic N) is 1. The third-order valence-electron chi connectivity index (χ3n) is 4.06. The lowest BCUT2D eigenvalue weighted by Gasteiger charge is -2.21. The van der Waals surface area contributed by atoms with Gasteiger partial charge in [-0.25, -0.2) is 8.78 Å². The van der Waals surface area contributed by atoms with Crippen LogP contribution in [0, 0.1) is 11.6 Å². The van der Waals surface area contributed by atoms with E-state index in [2.05, 4.69) is 0 Å². The molecule has 0 N–H and O–H groups in total. The summed E-state index contributed by atoms with van der Waals surface area (Å²) in [4.78, 5) is 14.0. The summed E-state index contributed by atoms with van der Waals surface area (Å²) in [5.74, 6) is -1.54. The van der Waals surface area contributed by atoms with E-state index in [1.807, 2.05) is 24.3 Å². The van der Waals surface area contributed by atoms with Crippen LogP contribution in [0.15, 0.2) is 42.5 Å². The first-order chi connectivity index (χ1) is 11.6. The van der Waals surface area contributed by atoms with Crippen LogP contribution in [-0.2, 0) is 0 Å². The highest BCUT2D eigenvalue weighted by molar-refractivity contribution is 7.99. The number of rotatable bonds is 2. The molecule has 0 bridgehead atoms. The van der Waals surface area contributed by atoms with Gasteiger partial charge in [0.15, 0.2) is 0 Å². The Morgan fingerprint density at radius 3 is 2.50 bits per heavy atom. The molecule has 1 amide bonds. The molecule has 0 aliphatic carbocycles. The van der Waals surface area contributed by atoms with E-state index in [1.165, 1.54) is 11.0 Å². The third-order valence-corrected chi connectivity index (χ3v) is 5.71. The maximum Gasteiger partial charge on any atom is 0.259 e. The molecular formula is C18H16ClF2NOS. The first kappa shape index (κ1) is 17.2. The predicted octanol–water partition coefficient (Wildman–Crippen LogP) is 4.94. The summed E-state index contributed by atoms with van der Waals surface area (Å²) in [7, 11) is 0. The van der Waals surface area contributed by atoms with Crippen molar-refractivity contribution in [2.24, 2.45) is 0 Å². The summed E-state index contributed by atoms with van der Waals surface area (Å²) in [6, 6.07) is 11.1. The molecule has 1 aliphatic heterocycles. The molecule has 1 aliphatic rings. The van der Waals surface area contributed by atoms with E-state index in [1.54, 1.807) is 11.8 Å². The molecule has 2 nitrogen and oxygen atoms in total. The lowest BCUT2D eigenvalue weighted by atomic mass is 10.1. The van der Waals surface area contributed by atoms with Gasteiger partial charge in [0.1, 0.15) is 17.2 Å². The minimum absolute atomic E-state index is 0.168. The van der Waals surface area contributed by atoms with Crippen molar-refractivity contribution in [2.75, 3.05) is 18.8 Å². The Morgan fingerprint density at radius 1 is 1.08 bits per heavy atom. The van der Waals surface area contributed by atoms with Crippen LogP contribution in [0.1, 0.15) is 27.6 Å².